The first-order valence-electron chi connectivity index (χ1n) is 6.61. The van der Waals surface area contributed by atoms with E-state index in [2.05, 4.69) is 5.32 Å². The molecule has 2 amide bonds. The summed E-state index contributed by atoms with van der Waals surface area (Å²) in [5, 5.41) is 2.72. The number of benzene rings is 1. The Bertz CT molecular complexity index is 504. The van der Waals surface area contributed by atoms with E-state index in [1.165, 1.54) is 0 Å². The van der Waals surface area contributed by atoms with Gasteiger partial charge in [0.15, 0.2) is 0 Å². The summed E-state index contributed by atoms with van der Waals surface area (Å²) < 4.78 is 5.26. The van der Waals surface area contributed by atoms with E-state index in [1.54, 1.807) is 12.0 Å². The van der Waals surface area contributed by atoms with Crippen molar-refractivity contribution in [3.63, 3.8) is 0 Å². The van der Waals surface area contributed by atoms with E-state index in [0.29, 0.717) is 18.7 Å². The molecule has 0 bridgehead atoms. The quantitative estimate of drug-likeness (QED) is 0.809. The van der Waals surface area contributed by atoms with E-state index in [0.717, 1.165) is 5.69 Å². The highest BCUT2D eigenvalue weighted by Gasteiger charge is 2.34. The fourth-order valence-electron chi connectivity index (χ4n) is 2.30. The molecule has 0 radical (unpaired) electrons. The third-order valence-electron chi connectivity index (χ3n) is 3.29. The van der Waals surface area contributed by atoms with Gasteiger partial charge in [0.25, 0.3) is 0 Å². The summed E-state index contributed by atoms with van der Waals surface area (Å²) in [6.07, 6.45) is 0.825. The van der Waals surface area contributed by atoms with Gasteiger partial charge in [0, 0.05) is 19.5 Å². The van der Waals surface area contributed by atoms with E-state index >= 15 is 0 Å². The fraction of sp³-hybridized carbons (Fsp3) is 0.429. The third kappa shape index (κ3) is 2.91. The van der Waals surface area contributed by atoms with Crippen LogP contribution in [0.3, 0.4) is 0 Å². The molecule has 3 N–H and O–H groups in total. The van der Waals surface area contributed by atoms with Crippen molar-refractivity contribution in [2.45, 2.75) is 18.9 Å². The molecular formula is C14H19N3O3. The van der Waals surface area contributed by atoms with E-state index in [-0.39, 0.29) is 24.8 Å². The maximum atomic E-state index is 12.3. The van der Waals surface area contributed by atoms with Crippen LogP contribution in [0.2, 0.25) is 0 Å². The lowest BCUT2D eigenvalue weighted by molar-refractivity contribution is -0.126. The number of para-hydroxylation sites is 2. The standard InChI is InChI=1S/C14H19N3O3/c1-20-12-5-3-2-4-11(12)17-9-7-10(14(17)19)16-13(18)6-8-15/h2-5,10H,6-9,15H2,1H3,(H,16,18). The number of carbonyl (C=O) groups is 2. The van der Waals surface area contributed by atoms with Crippen LogP contribution >= 0.6 is 0 Å². The molecule has 1 fully saturated rings. The normalized spacial score (nSPS) is 18.2. The van der Waals surface area contributed by atoms with Crippen LogP contribution in [0.15, 0.2) is 24.3 Å². The van der Waals surface area contributed by atoms with Crippen molar-refractivity contribution < 1.29 is 14.3 Å². The van der Waals surface area contributed by atoms with Crippen molar-refractivity contribution in [1.29, 1.82) is 0 Å². The third-order valence-corrected chi connectivity index (χ3v) is 3.29. The van der Waals surface area contributed by atoms with Gasteiger partial charge in [-0.1, -0.05) is 12.1 Å². The Morgan fingerprint density at radius 2 is 2.25 bits per heavy atom. The minimum absolute atomic E-state index is 0.111. The second-order valence-corrected chi connectivity index (χ2v) is 4.61. The molecule has 0 spiro atoms. The van der Waals surface area contributed by atoms with Crippen molar-refractivity contribution >= 4 is 17.5 Å². The summed E-state index contributed by atoms with van der Waals surface area (Å²) in [7, 11) is 1.57. The molecule has 1 aliphatic heterocycles. The molecule has 0 saturated carbocycles. The minimum atomic E-state index is -0.473. The number of nitrogens with one attached hydrogen (secondary N) is 1. The Balaban J connectivity index is 2.09. The van der Waals surface area contributed by atoms with Crippen LogP contribution in [-0.4, -0.2) is 38.1 Å². The zero-order valence-corrected chi connectivity index (χ0v) is 11.5. The maximum Gasteiger partial charge on any atom is 0.249 e. The first-order valence-corrected chi connectivity index (χ1v) is 6.61. The summed E-state index contributed by atoms with van der Waals surface area (Å²) in [5.74, 6) is 0.349. The Hall–Kier alpha value is -2.08. The van der Waals surface area contributed by atoms with E-state index in [9.17, 15) is 9.59 Å². The minimum Gasteiger partial charge on any atom is -0.495 e. The number of hydrogen-bond donors (Lipinski definition) is 2. The fourth-order valence-corrected chi connectivity index (χ4v) is 2.30. The van der Waals surface area contributed by atoms with Crippen LogP contribution in [0.25, 0.3) is 0 Å². The summed E-state index contributed by atoms with van der Waals surface area (Å²) in [4.78, 5) is 25.5. The van der Waals surface area contributed by atoms with E-state index in [4.69, 9.17) is 10.5 Å². The lowest BCUT2D eigenvalue weighted by atomic mass is 10.2. The topological polar surface area (TPSA) is 84.7 Å². The van der Waals surface area contributed by atoms with Crippen molar-refractivity contribution in [2.75, 3.05) is 25.1 Å². The second-order valence-electron chi connectivity index (χ2n) is 4.61. The zero-order chi connectivity index (χ0) is 14.5. The van der Waals surface area contributed by atoms with Crippen LogP contribution in [0.4, 0.5) is 5.69 Å². The smallest absolute Gasteiger partial charge is 0.249 e. The van der Waals surface area contributed by atoms with Gasteiger partial charge < -0.3 is 20.7 Å². The van der Waals surface area contributed by atoms with Gasteiger partial charge in [0.05, 0.1) is 12.8 Å². The number of carbonyl (C=O) groups excluding carboxylic acids is 2. The maximum absolute atomic E-state index is 12.3. The van der Waals surface area contributed by atoms with Gasteiger partial charge in [0.1, 0.15) is 11.8 Å². The van der Waals surface area contributed by atoms with Gasteiger partial charge in [-0.25, -0.2) is 0 Å². The second kappa shape index (κ2) is 6.38. The average Bonchev–Trinajstić information content (AvgIpc) is 2.80. The highest BCUT2D eigenvalue weighted by Crippen LogP contribution is 2.30. The molecule has 6 heteroatoms. The summed E-state index contributed by atoms with van der Waals surface area (Å²) >= 11 is 0. The average molecular weight is 277 g/mol. The number of nitrogens with zero attached hydrogens (tertiary/aromatic N) is 1. The van der Waals surface area contributed by atoms with E-state index < -0.39 is 6.04 Å². The Morgan fingerprint density at radius 3 is 2.95 bits per heavy atom. The van der Waals surface area contributed by atoms with Crippen LogP contribution in [0.5, 0.6) is 5.75 Å². The number of rotatable bonds is 5. The van der Waals surface area contributed by atoms with Gasteiger partial charge in [-0.2, -0.15) is 0 Å². The van der Waals surface area contributed by atoms with Crippen LogP contribution in [0, 0.1) is 0 Å². The van der Waals surface area contributed by atoms with Crippen molar-refractivity contribution in [1.82, 2.24) is 5.32 Å². The Morgan fingerprint density at radius 1 is 1.50 bits per heavy atom. The molecule has 20 heavy (non-hydrogen) atoms. The molecular weight excluding hydrogens is 258 g/mol. The molecule has 1 atom stereocenters. The number of nitrogens with two attached hydrogens (primary N) is 1. The molecule has 1 aromatic rings. The molecule has 1 aliphatic rings. The summed E-state index contributed by atoms with van der Waals surface area (Å²) in [5.41, 5.74) is 6.05. The van der Waals surface area contributed by atoms with Crippen LogP contribution in [-0.2, 0) is 9.59 Å². The van der Waals surface area contributed by atoms with Gasteiger partial charge in [-0.3, -0.25) is 9.59 Å². The highest BCUT2D eigenvalue weighted by atomic mass is 16.5. The number of ether oxygens (including phenoxy) is 1. The predicted octanol–water partition coefficient (Wildman–Crippen LogP) is 0.265. The Kier molecular flexibility index (Phi) is 4.57. The van der Waals surface area contributed by atoms with Gasteiger partial charge in [-0.05, 0) is 18.6 Å². The number of anilines is 1. The molecule has 0 aromatic heterocycles. The van der Waals surface area contributed by atoms with Gasteiger partial charge in [-0.15, -0.1) is 0 Å². The molecule has 108 valence electrons. The van der Waals surface area contributed by atoms with Crippen molar-refractivity contribution in [2.24, 2.45) is 5.73 Å². The summed E-state index contributed by atoms with van der Waals surface area (Å²) in [6, 6.07) is 6.87. The first kappa shape index (κ1) is 14.3. The molecule has 1 unspecified atom stereocenters. The first-order chi connectivity index (χ1) is 9.67. The van der Waals surface area contributed by atoms with Crippen molar-refractivity contribution in [3.05, 3.63) is 24.3 Å². The van der Waals surface area contributed by atoms with E-state index in [1.807, 2.05) is 24.3 Å². The van der Waals surface area contributed by atoms with Gasteiger partial charge in [0.2, 0.25) is 11.8 Å². The lowest BCUT2D eigenvalue weighted by Crippen LogP contribution is -2.42. The highest BCUT2D eigenvalue weighted by molar-refractivity contribution is 6.02. The van der Waals surface area contributed by atoms with Gasteiger partial charge >= 0.3 is 0 Å². The largest absolute Gasteiger partial charge is 0.495 e. The molecule has 1 heterocycles. The van der Waals surface area contributed by atoms with Crippen molar-refractivity contribution in [3.8, 4) is 5.75 Å². The molecule has 0 aliphatic carbocycles. The number of methoxy groups -OCH3 is 1. The molecule has 1 saturated heterocycles. The zero-order valence-electron chi connectivity index (χ0n) is 11.5. The summed E-state index contributed by atoms with van der Waals surface area (Å²) in [6.45, 7) is 0.843. The monoisotopic (exact) mass is 277 g/mol. The molecule has 1 aromatic carbocycles. The van der Waals surface area contributed by atoms with Crippen LogP contribution in [0.1, 0.15) is 12.8 Å². The Labute approximate surface area is 117 Å². The van der Waals surface area contributed by atoms with Crippen LogP contribution < -0.4 is 20.7 Å². The number of amides is 2. The number of hydrogen-bond acceptors (Lipinski definition) is 4. The molecule has 2 rings (SSSR count). The predicted molar refractivity (Wildman–Crippen MR) is 75.6 cm³/mol. The molecule has 6 nitrogen and oxygen atoms in total. The lowest BCUT2D eigenvalue weighted by Gasteiger charge is -2.19. The SMILES string of the molecule is COc1ccccc1N1CCC(NC(=O)CCN)C1=O.